The van der Waals surface area contributed by atoms with Gasteiger partial charge in [-0.05, 0) is 60.9 Å². The van der Waals surface area contributed by atoms with Crippen molar-refractivity contribution in [3.8, 4) is 11.5 Å². The van der Waals surface area contributed by atoms with Gasteiger partial charge in [0.1, 0.15) is 24.7 Å². The fourth-order valence-corrected chi connectivity index (χ4v) is 3.75. The molecule has 0 aromatic heterocycles. The zero-order valence-electron chi connectivity index (χ0n) is 20.3. The lowest BCUT2D eigenvalue weighted by atomic mass is 10.1. The fraction of sp³-hybridized carbons (Fsp3) is 0.241. The maximum atomic E-state index is 13.6. The van der Waals surface area contributed by atoms with Gasteiger partial charge in [0.2, 0.25) is 0 Å². The maximum absolute atomic E-state index is 13.6. The van der Waals surface area contributed by atoms with Crippen LogP contribution in [-0.4, -0.2) is 44.3 Å². The number of halogens is 1. The summed E-state index contributed by atoms with van der Waals surface area (Å²) in [4.78, 5) is 25.7. The Kier molecular flexibility index (Phi) is 9.26. The average Bonchev–Trinajstić information content (AvgIpc) is 3.45. The second-order valence-electron chi connectivity index (χ2n) is 8.42. The zero-order chi connectivity index (χ0) is 25.9. The molecule has 0 radical (unpaired) electrons. The minimum Gasteiger partial charge on any atom is -0.490 e. The van der Waals surface area contributed by atoms with Crippen molar-refractivity contribution in [3.63, 3.8) is 0 Å². The third-order valence-electron chi connectivity index (χ3n) is 5.68. The van der Waals surface area contributed by atoms with Gasteiger partial charge in [-0.3, -0.25) is 9.59 Å². The molecule has 0 unspecified atom stereocenters. The molecule has 3 aromatic rings. The van der Waals surface area contributed by atoms with E-state index < -0.39 is 11.7 Å². The van der Waals surface area contributed by atoms with Crippen molar-refractivity contribution in [2.75, 3.05) is 26.4 Å². The number of para-hydroxylation sites is 1. The minimum atomic E-state index is -0.423. The van der Waals surface area contributed by atoms with Crippen molar-refractivity contribution in [3.05, 3.63) is 102 Å². The molecule has 2 N–H and O–H groups in total. The predicted octanol–water partition coefficient (Wildman–Crippen LogP) is 4.35. The van der Waals surface area contributed by atoms with Crippen LogP contribution in [0.3, 0.4) is 0 Å². The van der Waals surface area contributed by atoms with Crippen LogP contribution in [0.2, 0.25) is 0 Å². The van der Waals surface area contributed by atoms with Gasteiger partial charge in [0.25, 0.3) is 11.8 Å². The standard InChI is InChI=1S/C29H29FN2O5/c30-25-10-4-5-11-27(25)37-18-17-36-23-14-12-21(13-15-23)19-26(29(34)31-20-24-9-6-16-35-24)32-28(33)22-7-2-1-3-8-22/h1-5,7-8,10-15,19,24H,6,9,16-18,20H2,(H,31,34)(H,32,33)/b26-19-/t24-/m0/s1. The van der Waals surface area contributed by atoms with Crippen LogP contribution in [0.25, 0.3) is 6.08 Å². The first-order valence-electron chi connectivity index (χ1n) is 12.2. The number of rotatable bonds is 11. The highest BCUT2D eigenvalue weighted by Crippen LogP contribution is 2.17. The van der Waals surface area contributed by atoms with Gasteiger partial charge >= 0.3 is 0 Å². The Labute approximate surface area is 215 Å². The molecule has 3 aromatic carbocycles. The molecule has 4 rings (SSSR count). The van der Waals surface area contributed by atoms with E-state index >= 15 is 0 Å². The van der Waals surface area contributed by atoms with E-state index in [4.69, 9.17) is 14.2 Å². The molecule has 2 amide bonds. The molecule has 1 saturated heterocycles. The lowest BCUT2D eigenvalue weighted by Crippen LogP contribution is -2.38. The second-order valence-corrected chi connectivity index (χ2v) is 8.42. The number of nitrogens with one attached hydrogen (secondary N) is 2. The van der Waals surface area contributed by atoms with Crippen molar-refractivity contribution in [1.29, 1.82) is 0 Å². The smallest absolute Gasteiger partial charge is 0.267 e. The monoisotopic (exact) mass is 504 g/mol. The van der Waals surface area contributed by atoms with E-state index in [1.807, 2.05) is 6.07 Å². The molecule has 37 heavy (non-hydrogen) atoms. The summed E-state index contributed by atoms with van der Waals surface area (Å²) in [5.41, 5.74) is 1.27. The highest BCUT2D eigenvalue weighted by molar-refractivity contribution is 6.05. The van der Waals surface area contributed by atoms with Gasteiger partial charge < -0.3 is 24.8 Å². The molecule has 0 spiro atoms. The SMILES string of the molecule is O=C(NC[C@@H]1CCCO1)/C(=C/c1ccc(OCCOc2ccccc2F)cc1)NC(=O)c1ccccc1. The number of benzene rings is 3. The Balaban J connectivity index is 1.37. The summed E-state index contributed by atoms with van der Waals surface area (Å²) < 4.78 is 30.2. The van der Waals surface area contributed by atoms with Gasteiger partial charge in [-0.15, -0.1) is 0 Å². The first kappa shape index (κ1) is 25.9. The molecule has 1 heterocycles. The van der Waals surface area contributed by atoms with Crippen LogP contribution >= 0.6 is 0 Å². The summed E-state index contributed by atoms with van der Waals surface area (Å²) >= 11 is 0. The Morgan fingerprint density at radius 1 is 0.946 bits per heavy atom. The summed E-state index contributed by atoms with van der Waals surface area (Å²) in [7, 11) is 0. The van der Waals surface area contributed by atoms with Crippen LogP contribution < -0.4 is 20.1 Å². The molecule has 0 saturated carbocycles. The van der Waals surface area contributed by atoms with Crippen LogP contribution in [0.1, 0.15) is 28.8 Å². The Morgan fingerprint density at radius 2 is 1.68 bits per heavy atom. The van der Waals surface area contributed by atoms with E-state index in [2.05, 4.69) is 10.6 Å². The molecule has 0 aliphatic carbocycles. The molecule has 8 heteroatoms. The Morgan fingerprint density at radius 3 is 2.41 bits per heavy atom. The van der Waals surface area contributed by atoms with Crippen molar-refractivity contribution >= 4 is 17.9 Å². The molecule has 1 atom stereocenters. The fourth-order valence-electron chi connectivity index (χ4n) is 3.75. The van der Waals surface area contributed by atoms with E-state index in [9.17, 15) is 14.0 Å². The first-order valence-corrected chi connectivity index (χ1v) is 12.2. The van der Waals surface area contributed by atoms with E-state index in [0.717, 1.165) is 12.8 Å². The predicted molar refractivity (Wildman–Crippen MR) is 138 cm³/mol. The van der Waals surface area contributed by atoms with Crippen molar-refractivity contribution < 1.29 is 28.2 Å². The molecule has 192 valence electrons. The molecule has 1 aliphatic heterocycles. The van der Waals surface area contributed by atoms with Crippen LogP contribution in [0.4, 0.5) is 4.39 Å². The van der Waals surface area contributed by atoms with Gasteiger partial charge in [0, 0.05) is 18.7 Å². The first-order chi connectivity index (χ1) is 18.1. The number of carbonyl (C=O) groups is 2. The summed E-state index contributed by atoms with van der Waals surface area (Å²) in [5, 5.41) is 5.58. The minimum absolute atomic E-state index is 0.0196. The third-order valence-corrected chi connectivity index (χ3v) is 5.68. The molecule has 1 aliphatic rings. The molecule has 7 nitrogen and oxygen atoms in total. The van der Waals surface area contributed by atoms with Gasteiger partial charge in [-0.1, -0.05) is 42.5 Å². The molecule has 1 fully saturated rings. The van der Waals surface area contributed by atoms with E-state index in [1.54, 1.807) is 72.8 Å². The van der Waals surface area contributed by atoms with E-state index in [1.165, 1.54) is 6.07 Å². The lowest BCUT2D eigenvalue weighted by Gasteiger charge is -2.14. The van der Waals surface area contributed by atoms with E-state index in [-0.39, 0.29) is 36.7 Å². The summed E-state index contributed by atoms with van der Waals surface area (Å²) in [5.74, 6) is -0.436. The van der Waals surface area contributed by atoms with Gasteiger partial charge in [0.05, 0.1) is 6.10 Å². The average molecular weight is 505 g/mol. The summed E-state index contributed by atoms with van der Waals surface area (Å²) in [6.07, 6.45) is 3.45. The number of hydrogen-bond donors (Lipinski definition) is 2. The quantitative estimate of drug-likeness (QED) is 0.300. The summed E-state index contributed by atoms with van der Waals surface area (Å²) in [6.45, 7) is 1.48. The maximum Gasteiger partial charge on any atom is 0.267 e. The molecule has 0 bridgehead atoms. The number of ether oxygens (including phenoxy) is 3. The highest BCUT2D eigenvalue weighted by atomic mass is 19.1. The van der Waals surface area contributed by atoms with Gasteiger partial charge in [0.15, 0.2) is 11.6 Å². The topological polar surface area (TPSA) is 85.9 Å². The summed E-state index contributed by atoms with van der Waals surface area (Å²) in [6, 6.07) is 21.9. The van der Waals surface area contributed by atoms with Crippen LogP contribution in [0.5, 0.6) is 11.5 Å². The number of amides is 2. The second kappa shape index (κ2) is 13.2. The largest absolute Gasteiger partial charge is 0.490 e. The highest BCUT2D eigenvalue weighted by Gasteiger charge is 2.19. The van der Waals surface area contributed by atoms with Crippen molar-refractivity contribution in [2.45, 2.75) is 18.9 Å². The number of hydrogen-bond acceptors (Lipinski definition) is 5. The zero-order valence-corrected chi connectivity index (χ0v) is 20.3. The lowest BCUT2D eigenvalue weighted by molar-refractivity contribution is -0.118. The van der Waals surface area contributed by atoms with Gasteiger partial charge in [-0.25, -0.2) is 4.39 Å². The van der Waals surface area contributed by atoms with Crippen molar-refractivity contribution in [2.24, 2.45) is 0 Å². The Hall–Kier alpha value is -4.17. The third kappa shape index (κ3) is 7.91. The van der Waals surface area contributed by atoms with Crippen LogP contribution in [0.15, 0.2) is 84.6 Å². The normalized spacial score (nSPS) is 15.2. The molecular formula is C29H29FN2O5. The van der Waals surface area contributed by atoms with Crippen LogP contribution in [-0.2, 0) is 9.53 Å². The molecular weight excluding hydrogens is 475 g/mol. The van der Waals surface area contributed by atoms with E-state index in [0.29, 0.717) is 30.0 Å². The van der Waals surface area contributed by atoms with Crippen LogP contribution in [0, 0.1) is 5.82 Å². The number of carbonyl (C=O) groups excluding carboxylic acids is 2. The Bertz CT molecular complexity index is 1210. The van der Waals surface area contributed by atoms with Crippen molar-refractivity contribution in [1.82, 2.24) is 10.6 Å². The van der Waals surface area contributed by atoms with Gasteiger partial charge in [-0.2, -0.15) is 0 Å².